The number of hydrogen-bond donors (Lipinski definition) is 1. The Bertz CT molecular complexity index is 1310. The van der Waals surface area contributed by atoms with E-state index >= 15 is 0 Å². The quantitative estimate of drug-likeness (QED) is 0.418. The highest BCUT2D eigenvalue weighted by molar-refractivity contribution is 6.26. The summed E-state index contributed by atoms with van der Waals surface area (Å²) in [6, 6.07) is 7.24. The molecule has 2 aromatic rings. The SMILES string of the molecule is COc1cc([N+](=O)[O-])ccc1N1C(=O)[C@H]2[C@H]3CCCN3[C@@]3(C(=O)Nc4ccc(F)cc43)[C@@H]2C1=O. The Hall–Kier alpha value is -3.86. The molecule has 10 nitrogen and oxygen atoms in total. The average molecular weight is 466 g/mol. The molecule has 4 aliphatic rings. The van der Waals surface area contributed by atoms with Crippen LogP contribution in [0.3, 0.4) is 0 Å². The smallest absolute Gasteiger partial charge is 0.273 e. The van der Waals surface area contributed by atoms with E-state index in [9.17, 15) is 28.9 Å². The molecule has 0 aliphatic carbocycles. The van der Waals surface area contributed by atoms with Gasteiger partial charge in [-0.05, 0) is 43.7 Å². The number of nitro benzene ring substituents is 1. The topological polar surface area (TPSA) is 122 Å². The van der Waals surface area contributed by atoms with Crippen molar-refractivity contribution in [1.29, 1.82) is 0 Å². The van der Waals surface area contributed by atoms with Crippen molar-refractivity contribution in [3.63, 3.8) is 0 Å². The fourth-order valence-corrected chi connectivity index (χ4v) is 6.38. The number of carbonyl (C=O) groups is 3. The summed E-state index contributed by atoms with van der Waals surface area (Å²) in [5.41, 5.74) is -0.897. The summed E-state index contributed by atoms with van der Waals surface area (Å²) in [5, 5.41) is 14.0. The van der Waals surface area contributed by atoms with Crippen LogP contribution in [0.4, 0.5) is 21.5 Å². The first-order chi connectivity index (χ1) is 16.3. The van der Waals surface area contributed by atoms with Gasteiger partial charge in [0.15, 0.2) is 0 Å². The molecule has 0 aromatic heterocycles. The zero-order valence-corrected chi connectivity index (χ0v) is 18.0. The Kier molecular flexibility index (Phi) is 4.16. The summed E-state index contributed by atoms with van der Waals surface area (Å²) in [6.45, 7) is 0.502. The first kappa shape index (κ1) is 20.7. The number of fused-ring (bicyclic) bond motifs is 7. The summed E-state index contributed by atoms with van der Waals surface area (Å²) < 4.78 is 19.6. The molecule has 4 aliphatic heterocycles. The summed E-state index contributed by atoms with van der Waals surface area (Å²) in [4.78, 5) is 54.7. The predicted octanol–water partition coefficient (Wildman–Crippen LogP) is 2.17. The summed E-state index contributed by atoms with van der Waals surface area (Å²) in [6.07, 6.45) is 1.35. The number of amides is 3. The molecule has 1 N–H and O–H groups in total. The Balaban J connectivity index is 1.53. The molecule has 3 saturated heterocycles. The molecule has 6 rings (SSSR count). The van der Waals surface area contributed by atoms with E-state index < -0.39 is 45.8 Å². The molecule has 1 spiro atoms. The highest BCUT2D eigenvalue weighted by atomic mass is 19.1. The van der Waals surface area contributed by atoms with E-state index in [-0.39, 0.29) is 23.2 Å². The van der Waals surface area contributed by atoms with Gasteiger partial charge in [-0.1, -0.05) is 0 Å². The van der Waals surface area contributed by atoms with Crippen LogP contribution < -0.4 is 15.0 Å². The third-order valence-corrected chi connectivity index (χ3v) is 7.57. The molecule has 3 fully saturated rings. The standard InChI is InChI=1S/C23H19FN4O6/c1-34-17-10-12(28(32)33)5-7-15(17)27-20(29)18-16-3-2-8-26(16)23(19(18)21(27)30)13-9-11(24)4-6-14(13)25-22(23)31/h4-7,9-10,16,18-19H,2-3,8H2,1H3,(H,25,31)/t16-,18+,19+,23-/m1/s1. The monoisotopic (exact) mass is 466 g/mol. The maximum Gasteiger partial charge on any atom is 0.273 e. The molecular formula is C23H19FN4O6. The van der Waals surface area contributed by atoms with Crippen molar-refractivity contribution in [2.45, 2.75) is 24.4 Å². The number of rotatable bonds is 3. The van der Waals surface area contributed by atoms with Crippen LogP contribution in [0.1, 0.15) is 18.4 Å². The van der Waals surface area contributed by atoms with Crippen molar-refractivity contribution in [3.8, 4) is 5.75 Å². The van der Waals surface area contributed by atoms with E-state index in [4.69, 9.17) is 4.74 Å². The van der Waals surface area contributed by atoms with Gasteiger partial charge in [0.1, 0.15) is 17.1 Å². The zero-order valence-electron chi connectivity index (χ0n) is 18.0. The van der Waals surface area contributed by atoms with Gasteiger partial charge in [-0.25, -0.2) is 9.29 Å². The second-order valence-electron chi connectivity index (χ2n) is 8.94. The second-order valence-corrected chi connectivity index (χ2v) is 8.94. The minimum absolute atomic E-state index is 0.00415. The van der Waals surface area contributed by atoms with Crippen molar-refractivity contribution in [1.82, 2.24) is 4.90 Å². The highest BCUT2D eigenvalue weighted by Crippen LogP contribution is 2.61. The van der Waals surface area contributed by atoms with Crippen LogP contribution in [0.15, 0.2) is 36.4 Å². The molecule has 174 valence electrons. The van der Waals surface area contributed by atoms with E-state index in [0.29, 0.717) is 24.2 Å². The molecule has 0 bridgehead atoms. The van der Waals surface area contributed by atoms with E-state index in [0.717, 1.165) is 17.4 Å². The van der Waals surface area contributed by atoms with Gasteiger partial charge in [-0.3, -0.25) is 29.4 Å². The van der Waals surface area contributed by atoms with Gasteiger partial charge >= 0.3 is 0 Å². The van der Waals surface area contributed by atoms with Gasteiger partial charge in [0.05, 0.1) is 35.6 Å². The first-order valence-electron chi connectivity index (χ1n) is 10.9. The van der Waals surface area contributed by atoms with Crippen LogP contribution in [0.5, 0.6) is 5.75 Å². The van der Waals surface area contributed by atoms with E-state index in [2.05, 4.69) is 5.32 Å². The number of imide groups is 1. The maximum absolute atomic E-state index is 14.3. The number of benzene rings is 2. The fraction of sp³-hybridized carbons (Fsp3) is 0.348. The summed E-state index contributed by atoms with van der Waals surface area (Å²) >= 11 is 0. The third-order valence-electron chi connectivity index (χ3n) is 7.57. The largest absolute Gasteiger partial charge is 0.494 e. The molecule has 34 heavy (non-hydrogen) atoms. The Labute approximate surface area is 192 Å². The van der Waals surface area contributed by atoms with E-state index in [1.807, 2.05) is 4.90 Å². The summed E-state index contributed by atoms with van der Waals surface area (Å²) in [5.74, 6) is -3.97. The average Bonchev–Trinajstić information content (AvgIpc) is 3.52. The van der Waals surface area contributed by atoms with Gasteiger partial charge in [0, 0.05) is 23.4 Å². The number of anilines is 2. The van der Waals surface area contributed by atoms with Crippen molar-refractivity contribution < 1.29 is 28.4 Å². The van der Waals surface area contributed by atoms with E-state index in [1.54, 1.807) is 0 Å². The third kappa shape index (κ3) is 2.34. The fourth-order valence-electron chi connectivity index (χ4n) is 6.38. The molecule has 11 heteroatoms. The Morgan fingerprint density at radius 1 is 1.18 bits per heavy atom. The molecule has 2 aromatic carbocycles. The van der Waals surface area contributed by atoms with E-state index in [1.165, 1.54) is 37.4 Å². The zero-order chi connectivity index (χ0) is 23.9. The number of methoxy groups -OCH3 is 1. The van der Waals surface area contributed by atoms with Crippen molar-refractivity contribution in [3.05, 3.63) is 57.9 Å². The normalized spacial score (nSPS) is 29.4. The summed E-state index contributed by atoms with van der Waals surface area (Å²) in [7, 11) is 1.29. The number of ether oxygens (including phenoxy) is 1. The molecule has 3 amide bonds. The molecule has 4 atom stereocenters. The Morgan fingerprint density at radius 3 is 2.71 bits per heavy atom. The van der Waals surface area contributed by atoms with Gasteiger partial charge in [0.2, 0.25) is 17.7 Å². The highest BCUT2D eigenvalue weighted by Gasteiger charge is 2.74. The number of nitrogens with zero attached hydrogens (tertiary/aromatic N) is 3. The van der Waals surface area contributed by atoms with Crippen LogP contribution in [-0.4, -0.2) is 47.2 Å². The van der Waals surface area contributed by atoms with Crippen LogP contribution in [0.25, 0.3) is 0 Å². The Morgan fingerprint density at radius 2 is 1.97 bits per heavy atom. The number of hydrogen-bond acceptors (Lipinski definition) is 7. The minimum Gasteiger partial charge on any atom is -0.494 e. The number of nitro groups is 1. The first-order valence-corrected chi connectivity index (χ1v) is 10.9. The molecule has 0 unspecified atom stereocenters. The molecular weight excluding hydrogens is 447 g/mol. The number of halogens is 1. The van der Waals surface area contributed by atoms with Crippen molar-refractivity contribution >= 4 is 34.8 Å². The van der Waals surface area contributed by atoms with Crippen molar-refractivity contribution in [2.75, 3.05) is 23.9 Å². The minimum atomic E-state index is -1.50. The number of carbonyl (C=O) groups excluding carboxylic acids is 3. The molecule has 4 heterocycles. The molecule has 0 radical (unpaired) electrons. The van der Waals surface area contributed by atoms with Crippen LogP contribution in [0, 0.1) is 27.8 Å². The number of non-ortho nitro benzene ring substituents is 1. The predicted molar refractivity (Wildman–Crippen MR) is 116 cm³/mol. The number of nitrogens with one attached hydrogen (secondary N) is 1. The van der Waals surface area contributed by atoms with Gasteiger partial charge in [-0.2, -0.15) is 0 Å². The lowest BCUT2D eigenvalue weighted by Crippen LogP contribution is -2.54. The van der Waals surface area contributed by atoms with Gasteiger partial charge in [0.25, 0.3) is 5.69 Å². The second kappa shape index (κ2) is 6.83. The maximum atomic E-state index is 14.3. The lowest BCUT2D eigenvalue weighted by molar-refractivity contribution is -0.384. The lowest BCUT2D eigenvalue weighted by atomic mass is 9.75. The van der Waals surface area contributed by atoms with Crippen LogP contribution in [0.2, 0.25) is 0 Å². The van der Waals surface area contributed by atoms with Crippen molar-refractivity contribution in [2.24, 2.45) is 11.8 Å². The van der Waals surface area contributed by atoms with Crippen LogP contribution >= 0.6 is 0 Å². The van der Waals surface area contributed by atoms with Gasteiger partial charge < -0.3 is 10.1 Å². The molecule has 0 saturated carbocycles. The van der Waals surface area contributed by atoms with Crippen LogP contribution in [-0.2, 0) is 19.9 Å². The lowest BCUT2D eigenvalue weighted by Gasteiger charge is -2.36. The van der Waals surface area contributed by atoms with Gasteiger partial charge in [-0.15, -0.1) is 0 Å².